The Bertz CT molecular complexity index is 671. The summed E-state index contributed by atoms with van der Waals surface area (Å²) >= 11 is 7.71. The second kappa shape index (κ2) is 6.08. The van der Waals surface area contributed by atoms with Crippen molar-refractivity contribution in [3.05, 3.63) is 64.4 Å². The molecular weight excluding hydrogens is 309 g/mol. The van der Waals surface area contributed by atoms with Crippen LogP contribution in [0.5, 0.6) is 0 Å². The summed E-state index contributed by atoms with van der Waals surface area (Å²) in [7, 11) is 0. The van der Waals surface area contributed by atoms with Crippen LogP contribution in [0.2, 0.25) is 5.02 Å². The fourth-order valence-electron chi connectivity index (χ4n) is 2.44. The summed E-state index contributed by atoms with van der Waals surface area (Å²) in [6, 6.07) is 12.1. The normalized spacial score (nSPS) is 17.1. The minimum atomic E-state index is -0.599. The van der Waals surface area contributed by atoms with E-state index < -0.39 is 11.7 Å². The van der Waals surface area contributed by atoms with Gasteiger partial charge in [0, 0.05) is 10.6 Å². The summed E-state index contributed by atoms with van der Waals surface area (Å²) in [5.74, 6) is -0.143. The average Bonchev–Trinajstić information content (AvgIpc) is 2.47. The van der Waals surface area contributed by atoms with Crippen molar-refractivity contribution >= 4 is 29.3 Å². The summed E-state index contributed by atoms with van der Waals surface area (Å²) in [5.41, 5.74) is 0.990. The zero-order chi connectivity index (χ0) is 14.8. The molecule has 0 aliphatic carbocycles. The monoisotopic (exact) mass is 321 g/mol. The van der Waals surface area contributed by atoms with Crippen molar-refractivity contribution in [2.75, 3.05) is 5.75 Å². The third-order valence-corrected chi connectivity index (χ3v) is 4.89. The minimum Gasteiger partial charge on any atom is -0.345 e. The second-order valence-electron chi connectivity index (χ2n) is 4.80. The summed E-state index contributed by atoms with van der Waals surface area (Å²) in [5, 5.41) is 3.03. The van der Waals surface area contributed by atoms with E-state index in [0.29, 0.717) is 0 Å². The fourth-order valence-corrected chi connectivity index (χ4v) is 3.81. The number of rotatable bonds is 2. The van der Waals surface area contributed by atoms with Crippen molar-refractivity contribution in [3.63, 3.8) is 0 Å². The minimum absolute atomic E-state index is 0.0881. The number of carbonyl (C=O) groups excluding carboxylic acids is 1. The molecule has 108 valence electrons. The standard InChI is InChI=1S/C16H13ClFNOS/c17-11-5-3-6-12(18)15(11)16(20)19-13-8-9-21-14-7-2-1-4-10(13)14/h1-7,13H,8-9H2,(H,19,20)/t13-/m1/s1. The molecule has 0 radical (unpaired) electrons. The van der Waals surface area contributed by atoms with Gasteiger partial charge in [-0.1, -0.05) is 35.9 Å². The van der Waals surface area contributed by atoms with Crippen molar-refractivity contribution in [2.45, 2.75) is 17.4 Å². The highest BCUT2D eigenvalue weighted by Gasteiger charge is 2.24. The van der Waals surface area contributed by atoms with Crippen molar-refractivity contribution in [2.24, 2.45) is 0 Å². The molecule has 0 unspecified atom stereocenters. The highest BCUT2D eigenvalue weighted by atomic mass is 35.5. The van der Waals surface area contributed by atoms with Crippen LogP contribution in [0.3, 0.4) is 0 Å². The summed E-state index contributed by atoms with van der Waals surface area (Å²) in [4.78, 5) is 13.5. The zero-order valence-corrected chi connectivity index (χ0v) is 12.7. The number of hydrogen-bond donors (Lipinski definition) is 1. The van der Waals surface area contributed by atoms with Gasteiger partial charge < -0.3 is 5.32 Å². The topological polar surface area (TPSA) is 29.1 Å². The highest BCUT2D eigenvalue weighted by molar-refractivity contribution is 7.99. The molecule has 0 aromatic heterocycles. The lowest BCUT2D eigenvalue weighted by Crippen LogP contribution is -2.31. The summed E-state index contributed by atoms with van der Waals surface area (Å²) < 4.78 is 13.8. The van der Waals surface area contributed by atoms with Crippen molar-refractivity contribution in [1.29, 1.82) is 0 Å². The van der Waals surface area contributed by atoms with Crippen LogP contribution >= 0.6 is 23.4 Å². The molecule has 2 aromatic rings. The predicted octanol–water partition coefficient (Wildman–Crippen LogP) is 4.45. The first kappa shape index (κ1) is 14.4. The van der Waals surface area contributed by atoms with E-state index in [-0.39, 0.29) is 16.6 Å². The van der Waals surface area contributed by atoms with E-state index in [9.17, 15) is 9.18 Å². The Morgan fingerprint density at radius 2 is 2.05 bits per heavy atom. The van der Waals surface area contributed by atoms with Gasteiger partial charge in [-0.3, -0.25) is 4.79 Å². The van der Waals surface area contributed by atoms with Crippen LogP contribution in [-0.2, 0) is 0 Å². The van der Waals surface area contributed by atoms with Crippen LogP contribution in [-0.4, -0.2) is 11.7 Å². The van der Waals surface area contributed by atoms with Crippen LogP contribution in [0.15, 0.2) is 47.4 Å². The first-order chi connectivity index (χ1) is 10.2. The van der Waals surface area contributed by atoms with Crippen LogP contribution in [0, 0.1) is 5.82 Å². The van der Waals surface area contributed by atoms with Crippen molar-refractivity contribution < 1.29 is 9.18 Å². The first-order valence-electron chi connectivity index (χ1n) is 6.63. The van der Waals surface area contributed by atoms with Gasteiger partial charge in [0.05, 0.1) is 16.6 Å². The van der Waals surface area contributed by atoms with Gasteiger partial charge in [0.1, 0.15) is 5.82 Å². The Morgan fingerprint density at radius 1 is 1.24 bits per heavy atom. The number of nitrogens with one attached hydrogen (secondary N) is 1. The number of amides is 1. The SMILES string of the molecule is O=C(N[C@@H]1CCSc2ccccc21)c1c(F)cccc1Cl. The maximum absolute atomic E-state index is 13.8. The Morgan fingerprint density at radius 3 is 2.86 bits per heavy atom. The zero-order valence-electron chi connectivity index (χ0n) is 11.1. The third-order valence-electron chi connectivity index (χ3n) is 3.45. The molecule has 0 fully saturated rings. The molecule has 1 aliphatic heterocycles. The van der Waals surface area contributed by atoms with E-state index in [1.54, 1.807) is 11.8 Å². The maximum atomic E-state index is 13.8. The number of hydrogen-bond acceptors (Lipinski definition) is 2. The fraction of sp³-hybridized carbons (Fsp3) is 0.188. The Labute approximate surface area is 131 Å². The van der Waals surface area contributed by atoms with Gasteiger partial charge in [0.15, 0.2) is 0 Å². The molecule has 21 heavy (non-hydrogen) atoms. The second-order valence-corrected chi connectivity index (χ2v) is 6.34. The maximum Gasteiger partial charge on any atom is 0.256 e. The van der Waals surface area contributed by atoms with E-state index in [4.69, 9.17) is 11.6 Å². The molecule has 3 rings (SSSR count). The van der Waals surface area contributed by atoms with E-state index in [0.717, 1.165) is 22.6 Å². The molecule has 1 amide bonds. The highest BCUT2D eigenvalue weighted by Crippen LogP contribution is 2.36. The molecule has 1 N–H and O–H groups in total. The van der Waals surface area contributed by atoms with Gasteiger partial charge in [-0.2, -0.15) is 0 Å². The molecule has 2 nitrogen and oxygen atoms in total. The lowest BCUT2D eigenvalue weighted by atomic mass is 10.0. The number of halogens is 2. The van der Waals surface area contributed by atoms with Gasteiger partial charge in [-0.15, -0.1) is 11.8 Å². The predicted molar refractivity (Wildman–Crippen MR) is 83.4 cm³/mol. The molecule has 0 saturated carbocycles. The Kier molecular flexibility index (Phi) is 4.17. The molecule has 1 aliphatic rings. The first-order valence-corrected chi connectivity index (χ1v) is 8.00. The number of carbonyl (C=O) groups is 1. The summed E-state index contributed by atoms with van der Waals surface area (Å²) in [6.07, 6.45) is 0.819. The lowest BCUT2D eigenvalue weighted by Gasteiger charge is -2.26. The van der Waals surface area contributed by atoms with Crippen LogP contribution in [0.1, 0.15) is 28.4 Å². The van der Waals surface area contributed by atoms with E-state index >= 15 is 0 Å². The molecule has 0 bridgehead atoms. The molecule has 1 heterocycles. The molecule has 1 atom stereocenters. The number of fused-ring (bicyclic) bond motifs is 1. The van der Waals surface area contributed by atoms with Gasteiger partial charge in [-0.25, -0.2) is 4.39 Å². The van der Waals surface area contributed by atoms with E-state index in [1.165, 1.54) is 18.2 Å². The van der Waals surface area contributed by atoms with Gasteiger partial charge in [0.25, 0.3) is 5.91 Å². The van der Waals surface area contributed by atoms with Crippen molar-refractivity contribution in [3.8, 4) is 0 Å². The quantitative estimate of drug-likeness (QED) is 0.885. The Balaban J connectivity index is 1.86. The van der Waals surface area contributed by atoms with Crippen molar-refractivity contribution in [1.82, 2.24) is 5.32 Å². The van der Waals surface area contributed by atoms with Gasteiger partial charge in [0.2, 0.25) is 0 Å². The smallest absolute Gasteiger partial charge is 0.256 e. The third kappa shape index (κ3) is 2.92. The van der Waals surface area contributed by atoms with E-state index in [2.05, 4.69) is 5.32 Å². The van der Waals surface area contributed by atoms with Gasteiger partial charge >= 0.3 is 0 Å². The van der Waals surface area contributed by atoms with Crippen LogP contribution in [0.4, 0.5) is 4.39 Å². The van der Waals surface area contributed by atoms with Crippen LogP contribution < -0.4 is 5.32 Å². The van der Waals surface area contributed by atoms with Gasteiger partial charge in [-0.05, 0) is 30.2 Å². The molecule has 0 spiro atoms. The molecule has 0 saturated heterocycles. The number of thioether (sulfide) groups is 1. The average molecular weight is 322 g/mol. The molecular formula is C16H13ClFNOS. The van der Waals surface area contributed by atoms with E-state index in [1.807, 2.05) is 24.3 Å². The lowest BCUT2D eigenvalue weighted by molar-refractivity contribution is 0.0931. The number of benzene rings is 2. The summed E-state index contributed by atoms with van der Waals surface area (Å²) in [6.45, 7) is 0. The Hall–Kier alpha value is -1.52. The molecule has 2 aromatic carbocycles. The molecule has 5 heteroatoms. The van der Waals surface area contributed by atoms with Crippen LogP contribution in [0.25, 0.3) is 0 Å². The largest absolute Gasteiger partial charge is 0.345 e.